The third-order valence-corrected chi connectivity index (χ3v) is 20.9. The summed E-state index contributed by atoms with van der Waals surface area (Å²) in [4.78, 5) is 44.5. The largest absolute Gasteiger partial charge is 0.361 e. The highest BCUT2D eigenvalue weighted by Crippen LogP contribution is 2.35. The maximum Gasteiger partial charge on any atom is 0.326 e. The third-order valence-electron chi connectivity index (χ3n) is 18.2. The second-order valence-corrected chi connectivity index (χ2v) is 38.7. The van der Waals surface area contributed by atoms with Crippen LogP contribution in [-0.4, -0.2) is 61.1 Å². The lowest BCUT2D eigenvalue weighted by Gasteiger charge is -2.40. The van der Waals surface area contributed by atoms with Crippen LogP contribution in [0.4, 0.5) is 5.69 Å². The number of carbonyl (C=O) groups is 1. The average Bonchev–Trinajstić information content (AvgIpc) is 1.54. The monoisotopic (exact) mass is 1570 g/mol. The molecule has 109 heavy (non-hydrogen) atoms. The highest BCUT2D eigenvalue weighted by molar-refractivity contribution is 7.15. The molecule has 6 aromatic carbocycles. The van der Waals surface area contributed by atoms with Crippen LogP contribution in [-0.2, 0) is 56.0 Å². The number of aryl methyl sites for hydroxylation is 3. The number of pyridine rings is 1. The van der Waals surface area contributed by atoms with Gasteiger partial charge in [0.05, 0.1) is 51.2 Å². The van der Waals surface area contributed by atoms with Crippen molar-refractivity contribution >= 4 is 124 Å². The van der Waals surface area contributed by atoms with Gasteiger partial charge in [0.1, 0.15) is 4.34 Å². The number of carbonyl (C=O) groups excluding carboxylic acids is 1. The standard InChI is InChI=1S/C13H16ClN.C13H17NO.C12H15ClN2.2C12H15N.C11H16ClN.C11H14N2O.C7H10ClNS.CH4/c1-9-7-12-10(8-11(9)14)5-6-15(12)13(2,3)4;1-13(2,3)14-9-11(15)8-10-6-4-5-7-12(10)14;1-8-5-11-10(6-9(8)13)14-7-15(11)12(2,3)4;1-12(2,3)13-9-8-10-6-4-5-7-11(10)13;1-12(2,3)10-8-13-11-7-5-4-6-9(10)11;1-5-8-6-10(11(2,3)4)13-7-9(8)12;1-11(2,3)13-9-7-5-4-6-8(9)12-10(13)14;1-7(2,3)6-9-4-5(8)10-6;/h5-8H,1-4H3;4-7H,8-9H2,1-3H3;5-7H,1-4H3;4-9H,1-3H3;4-8,13H,1-3H3;6-7H,5H2,1-4H3;4-7H,1-3H3,(H,12,14);4H,1-3H3;1H4. The SMILES string of the molecule is C.CC(C)(C)N1CC(=O)Cc2ccccc21.CC(C)(C)c1c[nH]c2ccccc12.CC(C)(C)c1ncc(Cl)s1.CC(C)(C)n1c(=O)[nH]c2ccccc21.CC(C)(C)n1ccc2ccccc21.CCc1cc(C(C)(C)C)ncc1Cl.Cc1cc2c(cc1Cl)ncn2C(C)(C)C.Cc1cc2c(ccn2C(C)(C)C)cc1Cl. The second kappa shape index (κ2) is 36.1. The number of hydrogen-bond acceptors (Lipinski definition) is 7. The normalized spacial score (nSPS) is 12.7. The zero-order valence-corrected chi connectivity index (χ0v) is 73.0. The summed E-state index contributed by atoms with van der Waals surface area (Å²) in [6.07, 6.45) is 13.3. The molecule has 14 rings (SSSR count). The third kappa shape index (κ3) is 24.1. The van der Waals surface area contributed by atoms with E-state index in [-0.39, 0.29) is 57.1 Å². The number of thiazole rings is 1. The Bertz CT molecular complexity index is 5030. The fourth-order valence-corrected chi connectivity index (χ4v) is 13.9. The second-order valence-electron chi connectivity index (χ2n) is 35.8. The van der Waals surface area contributed by atoms with Crippen LogP contribution in [0.2, 0.25) is 19.4 Å². The number of Topliss-reactive ketones (excluding diaryl/α,β-unsaturated/α-hetero) is 1. The number of para-hydroxylation sites is 5. The number of hydrogen-bond donors (Lipinski definition) is 2. The number of nitrogens with zero attached hydrogens (tertiary/aromatic N) is 8. The molecule has 0 saturated carbocycles. The molecule has 0 saturated heterocycles. The Hall–Kier alpha value is -7.91. The number of imidazole rings is 2. The van der Waals surface area contributed by atoms with E-state index in [1.165, 1.54) is 49.5 Å². The van der Waals surface area contributed by atoms with Gasteiger partial charge in [-0.25, -0.2) is 14.8 Å². The van der Waals surface area contributed by atoms with Crippen LogP contribution in [0.1, 0.15) is 219 Å². The summed E-state index contributed by atoms with van der Waals surface area (Å²) in [6, 6.07) is 47.4. The Morgan fingerprint density at radius 3 is 1.56 bits per heavy atom. The van der Waals surface area contributed by atoms with Crippen molar-refractivity contribution in [2.75, 3.05) is 11.4 Å². The summed E-state index contributed by atoms with van der Waals surface area (Å²) in [5.74, 6) is 0.309. The highest BCUT2D eigenvalue weighted by Gasteiger charge is 2.30. The van der Waals surface area contributed by atoms with Gasteiger partial charge in [0, 0.05) is 118 Å². The molecule has 0 amide bonds. The molecule has 0 fully saturated rings. The van der Waals surface area contributed by atoms with E-state index in [2.05, 4.69) is 299 Å². The van der Waals surface area contributed by atoms with Gasteiger partial charge in [0.2, 0.25) is 0 Å². The molecule has 17 heteroatoms. The van der Waals surface area contributed by atoms with Gasteiger partial charge in [0.15, 0.2) is 5.78 Å². The number of halogens is 4. The number of benzene rings is 6. The quantitative estimate of drug-likeness (QED) is 0.169. The molecule has 0 spiro atoms. The molecular weight excluding hydrogens is 1450 g/mol. The average molecular weight is 1570 g/mol. The Morgan fingerprint density at radius 2 is 1.02 bits per heavy atom. The number of rotatable bonds is 1. The van der Waals surface area contributed by atoms with Gasteiger partial charge in [-0.15, -0.1) is 11.3 Å². The Balaban J connectivity index is 0.000000195. The molecule has 0 bridgehead atoms. The summed E-state index contributed by atoms with van der Waals surface area (Å²) in [7, 11) is 0. The molecule has 7 aromatic heterocycles. The van der Waals surface area contributed by atoms with Crippen molar-refractivity contribution in [2.24, 2.45) is 0 Å². The van der Waals surface area contributed by atoms with Gasteiger partial charge < -0.3 is 28.6 Å². The predicted octanol–water partition coefficient (Wildman–Crippen LogP) is 26.8. The van der Waals surface area contributed by atoms with Gasteiger partial charge in [-0.3, -0.25) is 14.3 Å². The lowest BCUT2D eigenvalue weighted by molar-refractivity contribution is -0.117. The molecule has 0 atom stereocenters. The summed E-state index contributed by atoms with van der Waals surface area (Å²) in [5, 5.41) is 7.36. The summed E-state index contributed by atoms with van der Waals surface area (Å²) in [5.41, 5.74) is 16.6. The van der Waals surface area contributed by atoms with Crippen molar-refractivity contribution in [1.82, 2.24) is 43.2 Å². The Labute approximate surface area is 675 Å². The zero-order chi connectivity index (χ0) is 80.6. The van der Waals surface area contributed by atoms with Gasteiger partial charge in [-0.2, -0.15) is 0 Å². The van der Waals surface area contributed by atoms with Crippen LogP contribution in [0.3, 0.4) is 0 Å². The van der Waals surface area contributed by atoms with Crippen molar-refractivity contribution in [1.29, 1.82) is 0 Å². The minimum atomic E-state index is -0.184. The topological polar surface area (TPSA) is 127 Å². The Kier molecular flexibility index (Phi) is 29.8. The van der Waals surface area contributed by atoms with Crippen molar-refractivity contribution in [3.63, 3.8) is 0 Å². The number of fused-ring (bicyclic) bond motifs is 6. The van der Waals surface area contributed by atoms with Gasteiger partial charge in [-0.1, -0.05) is 190 Å². The number of anilines is 1. The van der Waals surface area contributed by atoms with E-state index < -0.39 is 0 Å². The van der Waals surface area contributed by atoms with Crippen LogP contribution in [0.5, 0.6) is 0 Å². The fraction of sp³-hybridized carbons (Fsp3) is 0.424. The predicted molar refractivity (Wildman–Crippen MR) is 475 cm³/mol. The van der Waals surface area contributed by atoms with Crippen molar-refractivity contribution in [2.45, 2.75) is 251 Å². The maximum absolute atomic E-state index is 11.7. The number of nitrogens with one attached hydrogen (secondary N) is 2. The Morgan fingerprint density at radius 1 is 0.486 bits per heavy atom. The number of aromatic nitrogens is 9. The maximum atomic E-state index is 11.7. The molecule has 1 aliphatic heterocycles. The van der Waals surface area contributed by atoms with E-state index in [0.29, 0.717) is 18.7 Å². The molecule has 0 radical (unpaired) electrons. The molecule has 12 nitrogen and oxygen atoms in total. The first-order chi connectivity index (χ1) is 49.9. The van der Waals surface area contributed by atoms with Crippen LogP contribution >= 0.6 is 57.7 Å². The number of aromatic amines is 2. The van der Waals surface area contributed by atoms with E-state index in [1.807, 2.05) is 95.5 Å². The summed E-state index contributed by atoms with van der Waals surface area (Å²) >= 11 is 25.4. The van der Waals surface area contributed by atoms with Crippen molar-refractivity contribution in [3.8, 4) is 0 Å². The lowest BCUT2D eigenvalue weighted by atomic mass is 9.87. The van der Waals surface area contributed by atoms with Crippen LogP contribution in [0, 0.1) is 13.8 Å². The molecule has 586 valence electrons. The molecule has 0 aliphatic carbocycles. The minimum Gasteiger partial charge on any atom is -0.361 e. The van der Waals surface area contributed by atoms with E-state index >= 15 is 0 Å². The van der Waals surface area contributed by atoms with Crippen LogP contribution < -0.4 is 10.6 Å². The molecule has 0 unspecified atom stereocenters. The number of H-pyrrole nitrogens is 2. The van der Waals surface area contributed by atoms with Crippen LogP contribution in [0.25, 0.3) is 54.8 Å². The zero-order valence-electron chi connectivity index (χ0n) is 69.2. The summed E-state index contributed by atoms with van der Waals surface area (Å²) < 4.78 is 9.31. The van der Waals surface area contributed by atoms with Crippen molar-refractivity contribution in [3.05, 3.63) is 245 Å². The van der Waals surface area contributed by atoms with E-state index in [9.17, 15) is 9.59 Å². The van der Waals surface area contributed by atoms with Gasteiger partial charge >= 0.3 is 5.69 Å². The van der Waals surface area contributed by atoms with Crippen molar-refractivity contribution < 1.29 is 4.79 Å². The first-order valence-electron chi connectivity index (χ1n) is 37.3. The lowest BCUT2D eigenvalue weighted by Crippen LogP contribution is -2.47. The smallest absolute Gasteiger partial charge is 0.326 e. The minimum absolute atomic E-state index is 0. The summed E-state index contributed by atoms with van der Waals surface area (Å²) in [6.45, 7) is 58.5. The van der Waals surface area contributed by atoms with Gasteiger partial charge in [-0.05, 0) is 236 Å². The molecular formula is C92H122Cl4N10O2S. The molecule has 2 N–H and O–H groups in total. The highest BCUT2D eigenvalue weighted by atomic mass is 35.5. The first kappa shape index (κ1) is 90.0. The first-order valence-corrected chi connectivity index (χ1v) is 39.6. The fourth-order valence-electron chi connectivity index (χ4n) is 12.4. The van der Waals surface area contributed by atoms with E-state index in [4.69, 9.17) is 46.4 Å². The van der Waals surface area contributed by atoms with E-state index in [0.717, 1.165) is 75.3 Å². The van der Waals surface area contributed by atoms with Crippen LogP contribution in [0.15, 0.2) is 182 Å². The molecule has 1 aliphatic rings. The molecule has 8 heterocycles. The number of ketones is 1. The van der Waals surface area contributed by atoms with E-state index in [1.54, 1.807) is 28.3 Å². The van der Waals surface area contributed by atoms with Gasteiger partial charge in [0.25, 0.3) is 0 Å². The molecule has 13 aromatic rings.